The van der Waals surface area contributed by atoms with Gasteiger partial charge in [-0.3, -0.25) is 4.90 Å². The summed E-state index contributed by atoms with van der Waals surface area (Å²) in [5, 5.41) is 10.1. The first-order chi connectivity index (χ1) is 10.2. The Balaban J connectivity index is 1.81. The SMILES string of the molecule is C[C@@H]1CCCN(Cc2cc(-c3ncccn3)ccc2O)C1. The lowest BCUT2D eigenvalue weighted by atomic mass is 9.99. The van der Waals surface area contributed by atoms with Gasteiger partial charge in [-0.1, -0.05) is 6.92 Å². The Morgan fingerprint density at radius 3 is 2.86 bits per heavy atom. The van der Waals surface area contributed by atoms with Gasteiger partial charge in [-0.15, -0.1) is 0 Å². The largest absolute Gasteiger partial charge is 0.508 e. The number of likely N-dealkylation sites (tertiary alicyclic amines) is 1. The molecule has 110 valence electrons. The molecule has 21 heavy (non-hydrogen) atoms. The molecular formula is C17H21N3O. The summed E-state index contributed by atoms with van der Waals surface area (Å²) < 4.78 is 0. The van der Waals surface area contributed by atoms with Crippen LogP contribution in [0.3, 0.4) is 0 Å². The number of benzene rings is 1. The van der Waals surface area contributed by atoms with Gasteiger partial charge in [-0.2, -0.15) is 0 Å². The predicted molar refractivity (Wildman–Crippen MR) is 82.8 cm³/mol. The molecule has 1 aromatic heterocycles. The highest BCUT2D eigenvalue weighted by Crippen LogP contribution is 2.26. The smallest absolute Gasteiger partial charge is 0.159 e. The van der Waals surface area contributed by atoms with E-state index in [0.717, 1.165) is 36.7 Å². The van der Waals surface area contributed by atoms with E-state index < -0.39 is 0 Å². The highest BCUT2D eigenvalue weighted by Gasteiger charge is 2.17. The number of rotatable bonds is 3. The quantitative estimate of drug-likeness (QED) is 0.940. The van der Waals surface area contributed by atoms with Crippen molar-refractivity contribution < 1.29 is 5.11 Å². The lowest BCUT2D eigenvalue weighted by molar-refractivity contribution is 0.175. The Hall–Kier alpha value is -1.94. The average Bonchev–Trinajstić information content (AvgIpc) is 2.50. The Bertz CT molecular complexity index is 600. The summed E-state index contributed by atoms with van der Waals surface area (Å²) in [7, 11) is 0. The molecule has 0 amide bonds. The van der Waals surface area contributed by atoms with Crippen LogP contribution in [0.1, 0.15) is 25.3 Å². The van der Waals surface area contributed by atoms with Crippen LogP contribution in [0.15, 0.2) is 36.7 Å². The Morgan fingerprint density at radius 2 is 2.10 bits per heavy atom. The molecule has 2 aromatic rings. The number of hydrogen-bond acceptors (Lipinski definition) is 4. The normalized spacial score (nSPS) is 19.6. The lowest BCUT2D eigenvalue weighted by Gasteiger charge is -2.31. The Morgan fingerprint density at radius 1 is 1.29 bits per heavy atom. The monoisotopic (exact) mass is 283 g/mol. The van der Waals surface area contributed by atoms with E-state index in [1.165, 1.54) is 12.8 Å². The molecule has 3 rings (SSSR count). The summed E-state index contributed by atoms with van der Waals surface area (Å²) in [6.45, 7) is 5.29. The first-order valence-corrected chi connectivity index (χ1v) is 7.54. The van der Waals surface area contributed by atoms with Gasteiger partial charge in [0.1, 0.15) is 5.75 Å². The zero-order valence-electron chi connectivity index (χ0n) is 12.4. The van der Waals surface area contributed by atoms with Gasteiger partial charge in [0.05, 0.1) is 0 Å². The van der Waals surface area contributed by atoms with Crippen molar-refractivity contribution in [3.8, 4) is 17.1 Å². The van der Waals surface area contributed by atoms with E-state index in [0.29, 0.717) is 11.6 Å². The van der Waals surface area contributed by atoms with Gasteiger partial charge in [0.25, 0.3) is 0 Å². The van der Waals surface area contributed by atoms with Crippen LogP contribution in [0.25, 0.3) is 11.4 Å². The van der Waals surface area contributed by atoms with Crippen molar-refractivity contribution in [3.63, 3.8) is 0 Å². The third-order valence-corrected chi connectivity index (χ3v) is 4.04. The van der Waals surface area contributed by atoms with E-state index in [9.17, 15) is 5.11 Å². The molecule has 1 N–H and O–H groups in total. The highest BCUT2D eigenvalue weighted by molar-refractivity contribution is 5.58. The fourth-order valence-corrected chi connectivity index (χ4v) is 2.97. The van der Waals surface area contributed by atoms with E-state index in [1.807, 2.05) is 12.1 Å². The van der Waals surface area contributed by atoms with Crippen molar-refractivity contribution in [2.24, 2.45) is 5.92 Å². The van der Waals surface area contributed by atoms with Crippen LogP contribution in [-0.2, 0) is 6.54 Å². The molecule has 0 bridgehead atoms. The maximum absolute atomic E-state index is 10.1. The fourth-order valence-electron chi connectivity index (χ4n) is 2.97. The molecule has 4 heteroatoms. The van der Waals surface area contributed by atoms with E-state index in [2.05, 4.69) is 21.8 Å². The fraction of sp³-hybridized carbons (Fsp3) is 0.412. The summed E-state index contributed by atoms with van der Waals surface area (Å²) in [6, 6.07) is 7.42. The number of phenols is 1. The third-order valence-electron chi connectivity index (χ3n) is 4.04. The minimum absolute atomic E-state index is 0.355. The van der Waals surface area contributed by atoms with Crippen molar-refractivity contribution in [1.82, 2.24) is 14.9 Å². The summed E-state index contributed by atoms with van der Waals surface area (Å²) in [6.07, 6.45) is 6.02. The molecule has 1 aliphatic rings. The van der Waals surface area contributed by atoms with Gasteiger partial charge in [-0.05, 0) is 49.6 Å². The maximum atomic E-state index is 10.1. The molecule has 1 saturated heterocycles. The summed E-state index contributed by atoms with van der Waals surface area (Å²) >= 11 is 0. The van der Waals surface area contributed by atoms with Gasteiger partial charge in [0, 0.05) is 36.6 Å². The van der Waals surface area contributed by atoms with E-state index in [-0.39, 0.29) is 0 Å². The minimum atomic E-state index is 0.355. The first-order valence-electron chi connectivity index (χ1n) is 7.54. The number of phenolic OH excluding ortho intramolecular Hbond substituents is 1. The van der Waals surface area contributed by atoms with E-state index in [4.69, 9.17) is 0 Å². The van der Waals surface area contributed by atoms with Crippen LogP contribution >= 0.6 is 0 Å². The Labute approximate surface area is 125 Å². The number of hydrogen-bond donors (Lipinski definition) is 1. The second kappa shape index (κ2) is 6.22. The van der Waals surface area contributed by atoms with Crippen LogP contribution in [-0.4, -0.2) is 33.1 Å². The van der Waals surface area contributed by atoms with Crippen LogP contribution in [0.2, 0.25) is 0 Å². The zero-order chi connectivity index (χ0) is 14.7. The average molecular weight is 283 g/mol. The van der Waals surface area contributed by atoms with Gasteiger partial charge < -0.3 is 5.11 Å². The molecule has 0 unspecified atom stereocenters. The van der Waals surface area contributed by atoms with Gasteiger partial charge in [-0.25, -0.2) is 9.97 Å². The molecule has 1 fully saturated rings. The maximum Gasteiger partial charge on any atom is 0.159 e. The molecule has 1 atom stereocenters. The van der Waals surface area contributed by atoms with Crippen molar-refractivity contribution in [3.05, 3.63) is 42.2 Å². The molecule has 0 saturated carbocycles. The second-order valence-corrected chi connectivity index (χ2v) is 5.90. The summed E-state index contributed by atoms with van der Waals surface area (Å²) in [5.41, 5.74) is 1.91. The van der Waals surface area contributed by atoms with Gasteiger partial charge in [0.2, 0.25) is 0 Å². The lowest BCUT2D eigenvalue weighted by Crippen LogP contribution is -2.33. The molecule has 1 aliphatic heterocycles. The topological polar surface area (TPSA) is 49.2 Å². The highest BCUT2D eigenvalue weighted by atomic mass is 16.3. The molecular weight excluding hydrogens is 262 g/mol. The standard InChI is InChI=1S/C17H21N3O/c1-13-4-2-9-20(11-13)12-15-10-14(5-6-16(15)21)17-18-7-3-8-19-17/h3,5-8,10,13,21H,2,4,9,11-12H2,1H3/t13-/m1/s1. The summed E-state index contributed by atoms with van der Waals surface area (Å²) in [4.78, 5) is 11.0. The number of nitrogens with zero attached hydrogens (tertiary/aromatic N) is 3. The van der Waals surface area contributed by atoms with Crippen LogP contribution < -0.4 is 0 Å². The molecule has 0 radical (unpaired) electrons. The molecule has 0 spiro atoms. The van der Waals surface area contributed by atoms with Crippen molar-refractivity contribution in [2.45, 2.75) is 26.3 Å². The van der Waals surface area contributed by atoms with Crippen molar-refractivity contribution >= 4 is 0 Å². The molecule has 2 heterocycles. The van der Waals surface area contributed by atoms with Gasteiger partial charge in [0.15, 0.2) is 5.82 Å². The van der Waals surface area contributed by atoms with Crippen LogP contribution in [0.4, 0.5) is 0 Å². The third kappa shape index (κ3) is 3.39. The van der Waals surface area contributed by atoms with Crippen LogP contribution in [0, 0.1) is 5.92 Å². The van der Waals surface area contributed by atoms with Crippen molar-refractivity contribution in [1.29, 1.82) is 0 Å². The van der Waals surface area contributed by atoms with Crippen molar-refractivity contribution in [2.75, 3.05) is 13.1 Å². The van der Waals surface area contributed by atoms with E-state index >= 15 is 0 Å². The van der Waals surface area contributed by atoms with E-state index in [1.54, 1.807) is 24.5 Å². The van der Waals surface area contributed by atoms with Gasteiger partial charge >= 0.3 is 0 Å². The number of piperidine rings is 1. The molecule has 0 aliphatic carbocycles. The van der Waals surface area contributed by atoms with Crippen LogP contribution in [0.5, 0.6) is 5.75 Å². The zero-order valence-corrected chi connectivity index (χ0v) is 12.4. The second-order valence-electron chi connectivity index (χ2n) is 5.90. The first kappa shape index (κ1) is 14.0. The minimum Gasteiger partial charge on any atom is -0.508 e. The summed E-state index contributed by atoms with van der Waals surface area (Å²) in [5.74, 6) is 1.79. The number of aromatic hydroxyl groups is 1. The number of aromatic nitrogens is 2. The predicted octanol–water partition coefficient (Wildman–Crippen LogP) is 3.08. The molecule has 4 nitrogen and oxygen atoms in total. The Kier molecular flexibility index (Phi) is 4.15. The molecule has 1 aromatic carbocycles.